The van der Waals surface area contributed by atoms with Gasteiger partial charge in [-0.2, -0.15) is 0 Å². The van der Waals surface area contributed by atoms with Crippen molar-refractivity contribution in [3.05, 3.63) is 99.4 Å². The summed E-state index contributed by atoms with van der Waals surface area (Å²) in [5.74, 6) is -2.20. The van der Waals surface area contributed by atoms with E-state index in [2.05, 4.69) is 11.9 Å². The average molecular weight is 438 g/mol. The minimum atomic E-state index is -0.902. The molecule has 8 nitrogen and oxygen atoms in total. The molecule has 0 spiro atoms. The summed E-state index contributed by atoms with van der Waals surface area (Å²) in [5.41, 5.74) is 1.58. The smallest absolute Gasteiger partial charge is 0.337 e. The maximum atomic E-state index is 13.0. The van der Waals surface area contributed by atoms with E-state index in [0.717, 1.165) is 0 Å². The van der Waals surface area contributed by atoms with Crippen LogP contribution >= 0.6 is 0 Å². The first-order valence-electron chi connectivity index (χ1n) is 9.97. The lowest BCUT2D eigenvalue weighted by Gasteiger charge is -2.30. The first kappa shape index (κ1) is 24.3. The van der Waals surface area contributed by atoms with Crippen LogP contribution in [0.2, 0.25) is 0 Å². The fourth-order valence-electron chi connectivity index (χ4n) is 3.35. The number of allylic oxidation sites excluding steroid dienone is 5. The minimum absolute atomic E-state index is 0.0184. The number of hydrogen-bond acceptors (Lipinski definition) is 7. The lowest BCUT2D eigenvalue weighted by molar-refractivity contribution is -0.384. The number of rotatable bonds is 9. The van der Waals surface area contributed by atoms with Crippen LogP contribution in [0.25, 0.3) is 0 Å². The van der Waals surface area contributed by atoms with Crippen LogP contribution < -0.4 is 5.32 Å². The van der Waals surface area contributed by atoms with Crippen LogP contribution in [0.3, 0.4) is 0 Å². The molecule has 0 saturated carbocycles. The number of nitro groups is 1. The Labute approximate surface area is 186 Å². The van der Waals surface area contributed by atoms with Gasteiger partial charge >= 0.3 is 11.9 Å². The van der Waals surface area contributed by atoms with Gasteiger partial charge in [0.2, 0.25) is 0 Å². The minimum Gasteiger partial charge on any atom is -0.458 e. The first-order chi connectivity index (χ1) is 15.3. The molecule has 0 amide bonds. The quantitative estimate of drug-likeness (QED) is 0.202. The van der Waals surface area contributed by atoms with Crippen LogP contribution in [0.4, 0.5) is 5.69 Å². The number of carbonyl (C=O) groups excluding carboxylic acids is 2. The number of esters is 2. The second kappa shape index (κ2) is 11.5. The van der Waals surface area contributed by atoms with Gasteiger partial charge in [0.25, 0.3) is 5.69 Å². The highest BCUT2D eigenvalue weighted by molar-refractivity contribution is 6.00. The number of dihydropyridines is 1. The molecule has 1 aromatic rings. The number of nitrogens with one attached hydrogen (secondary N) is 1. The predicted molar refractivity (Wildman–Crippen MR) is 120 cm³/mol. The van der Waals surface area contributed by atoms with Crippen LogP contribution in [0.1, 0.15) is 32.3 Å². The van der Waals surface area contributed by atoms with Crippen molar-refractivity contribution in [2.24, 2.45) is 0 Å². The molecule has 0 radical (unpaired) electrons. The fraction of sp³-hybridized carbons (Fsp3) is 0.250. The van der Waals surface area contributed by atoms with Crippen molar-refractivity contribution in [3.8, 4) is 0 Å². The Morgan fingerprint density at radius 1 is 1.12 bits per heavy atom. The maximum Gasteiger partial charge on any atom is 0.337 e. The Morgan fingerprint density at radius 3 is 2.31 bits per heavy atom. The van der Waals surface area contributed by atoms with Gasteiger partial charge in [-0.3, -0.25) is 10.1 Å². The summed E-state index contributed by atoms with van der Waals surface area (Å²) >= 11 is 0. The lowest BCUT2D eigenvalue weighted by atomic mass is 9.80. The molecule has 1 aliphatic rings. The van der Waals surface area contributed by atoms with E-state index in [4.69, 9.17) is 9.47 Å². The van der Waals surface area contributed by atoms with Gasteiger partial charge in [-0.05, 0) is 32.4 Å². The third-order valence-corrected chi connectivity index (χ3v) is 4.70. The van der Waals surface area contributed by atoms with Crippen molar-refractivity contribution in [2.45, 2.75) is 26.7 Å². The molecule has 1 aliphatic heterocycles. The molecule has 0 bridgehead atoms. The molecular weight excluding hydrogens is 412 g/mol. The second-order valence-corrected chi connectivity index (χ2v) is 6.93. The second-order valence-electron chi connectivity index (χ2n) is 6.93. The molecule has 0 aliphatic carbocycles. The normalized spacial score (nSPS) is 16.3. The van der Waals surface area contributed by atoms with Crippen LogP contribution in [0.5, 0.6) is 0 Å². The highest BCUT2D eigenvalue weighted by Gasteiger charge is 2.38. The Morgan fingerprint density at radius 2 is 1.75 bits per heavy atom. The molecule has 2 rings (SSSR count). The van der Waals surface area contributed by atoms with E-state index in [9.17, 15) is 19.7 Å². The third-order valence-electron chi connectivity index (χ3n) is 4.70. The van der Waals surface area contributed by atoms with Gasteiger partial charge in [-0.1, -0.05) is 43.0 Å². The van der Waals surface area contributed by atoms with Gasteiger partial charge in [0.05, 0.1) is 22.0 Å². The molecule has 0 fully saturated rings. The standard InChI is InChI=1S/C24H26N2O6/c1-5-7-8-9-14-32-24(28)21-17(4)25-16(3)20(23(27)31-13-6-2)22(21)18-11-10-12-19(15-18)26(29)30/h5-12,15,22,25H,2,13-14H2,1,3-4H3/b7-5+,9-8+. The van der Waals surface area contributed by atoms with Gasteiger partial charge in [0.1, 0.15) is 13.2 Å². The zero-order valence-electron chi connectivity index (χ0n) is 18.3. The average Bonchev–Trinajstić information content (AvgIpc) is 2.76. The van der Waals surface area contributed by atoms with E-state index in [1.165, 1.54) is 24.3 Å². The predicted octanol–water partition coefficient (Wildman–Crippen LogP) is 4.23. The molecular formula is C24H26N2O6. The van der Waals surface area contributed by atoms with Crippen molar-refractivity contribution in [3.63, 3.8) is 0 Å². The number of benzene rings is 1. The molecule has 1 N–H and O–H groups in total. The summed E-state index contributed by atoms with van der Waals surface area (Å²) in [6.07, 6.45) is 8.48. The zero-order valence-corrected chi connectivity index (χ0v) is 18.3. The largest absolute Gasteiger partial charge is 0.458 e. The molecule has 1 heterocycles. The van der Waals surface area contributed by atoms with Crippen LogP contribution in [-0.4, -0.2) is 30.1 Å². The summed E-state index contributed by atoms with van der Waals surface area (Å²) < 4.78 is 10.6. The third kappa shape index (κ3) is 5.81. The summed E-state index contributed by atoms with van der Waals surface area (Å²) in [5, 5.41) is 14.4. The summed E-state index contributed by atoms with van der Waals surface area (Å²) in [6.45, 7) is 8.78. The van der Waals surface area contributed by atoms with E-state index in [0.29, 0.717) is 17.0 Å². The van der Waals surface area contributed by atoms with E-state index >= 15 is 0 Å². The number of hydrogen-bond donors (Lipinski definition) is 1. The van der Waals surface area contributed by atoms with Crippen LogP contribution in [0.15, 0.2) is 83.8 Å². The summed E-state index contributed by atoms with van der Waals surface area (Å²) in [6, 6.07) is 5.83. The van der Waals surface area contributed by atoms with E-state index < -0.39 is 22.8 Å². The Balaban J connectivity index is 2.54. The fourth-order valence-corrected chi connectivity index (χ4v) is 3.35. The molecule has 168 valence electrons. The highest BCUT2D eigenvalue weighted by atomic mass is 16.6. The SMILES string of the molecule is C=CCOC(=O)C1=C(C)NC(C)=C(C(=O)OC/C=C/C=C/C)C1c1cccc([N+](=O)[O-])c1. The number of ether oxygens (including phenoxy) is 2. The van der Waals surface area contributed by atoms with Gasteiger partial charge in [-0.25, -0.2) is 9.59 Å². The maximum absolute atomic E-state index is 13.0. The Bertz CT molecular complexity index is 1030. The molecule has 32 heavy (non-hydrogen) atoms. The highest BCUT2D eigenvalue weighted by Crippen LogP contribution is 2.40. The molecule has 8 heteroatoms. The molecule has 0 aromatic heterocycles. The van der Waals surface area contributed by atoms with Crippen LogP contribution in [-0.2, 0) is 19.1 Å². The monoisotopic (exact) mass is 438 g/mol. The van der Waals surface area contributed by atoms with Crippen LogP contribution in [0, 0.1) is 10.1 Å². The van der Waals surface area contributed by atoms with Gasteiger partial charge in [0, 0.05) is 23.5 Å². The van der Waals surface area contributed by atoms with Gasteiger partial charge < -0.3 is 14.8 Å². The Hall–Kier alpha value is -3.94. The number of nitro benzene ring substituents is 1. The topological polar surface area (TPSA) is 108 Å². The first-order valence-corrected chi connectivity index (χ1v) is 9.97. The van der Waals surface area contributed by atoms with Crippen molar-refractivity contribution in [1.29, 1.82) is 0 Å². The number of nitrogens with zero attached hydrogens (tertiary/aromatic N) is 1. The van der Waals surface area contributed by atoms with Crippen molar-refractivity contribution in [1.82, 2.24) is 5.32 Å². The van der Waals surface area contributed by atoms with E-state index in [1.807, 2.05) is 13.0 Å². The number of non-ortho nitro benzene ring substituents is 1. The van der Waals surface area contributed by atoms with E-state index in [1.54, 1.807) is 38.1 Å². The Kier molecular flexibility index (Phi) is 8.71. The summed E-state index contributed by atoms with van der Waals surface area (Å²) in [4.78, 5) is 36.7. The number of carbonyl (C=O) groups is 2. The zero-order chi connectivity index (χ0) is 23.7. The molecule has 1 atom stereocenters. The lowest BCUT2D eigenvalue weighted by Crippen LogP contribution is -2.32. The van der Waals surface area contributed by atoms with Gasteiger partial charge in [-0.15, -0.1) is 0 Å². The molecule has 1 aromatic carbocycles. The summed E-state index contributed by atoms with van der Waals surface area (Å²) in [7, 11) is 0. The molecule has 1 unspecified atom stereocenters. The van der Waals surface area contributed by atoms with Crippen molar-refractivity contribution >= 4 is 17.6 Å². The molecule has 0 saturated heterocycles. The van der Waals surface area contributed by atoms with Crippen molar-refractivity contribution < 1.29 is 24.0 Å². The van der Waals surface area contributed by atoms with E-state index in [-0.39, 0.29) is 30.0 Å². The van der Waals surface area contributed by atoms with Crippen molar-refractivity contribution in [2.75, 3.05) is 13.2 Å². The van der Waals surface area contributed by atoms with Gasteiger partial charge in [0.15, 0.2) is 0 Å².